The number of carbonyl (C=O) groups is 2. The Bertz CT molecular complexity index is 915. The van der Waals surface area contributed by atoms with Crippen molar-refractivity contribution in [1.82, 2.24) is 10.3 Å². The first-order chi connectivity index (χ1) is 15.2. The third kappa shape index (κ3) is 6.26. The first-order valence-corrected chi connectivity index (χ1v) is 10.2. The zero-order valence-corrected chi connectivity index (χ0v) is 19.1. The van der Waals surface area contributed by atoms with E-state index < -0.39 is 35.9 Å². The second-order valence-corrected chi connectivity index (χ2v) is 7.55. The summed E-state index contributed by atoms with van der Waals surface area (Å²) in [7, 11) is 2.94. The summed E-state index contributed by atoms with van der Waals surface area (Å²) in [5.41, 5.74) is -0.249. The van der Waals surface area contributed by atoms with E-state index in [1.807, 2.05) is 20.8 Å². The van der Waals surface area contributed by atoms with Gasteiger partial charge in [0.1, 0.15) is 29.7 Å². The van der Waals surface area contributed by atoms with Crippen LogP contribution in [0.2, 0.25) is 0 Å². The molecule has 0 aliphatic rings. The van der Waals surface area contributed by atoms with Gasteiger partial charge in [0, 0.05) is 12.3 Å². The molecule has 9 heteroatoms. The lowest BCUT2D eigenvalue weighted by Crippen LogP contribution is -2.45. The van der Waals surface area contributed by atoms with Gasteiger partial charge in [-0.3, -0.25) is 4.79 Å². The predicted molar refractivity (Wildman–Crippen MR) is 117 cm³/mol. The van der Waals surface area contributed by atoms with E-state index in [1.54, 1.807) is 31.4 Å². The van der Waals surface area contributed by atoms with E-state index in [0.29, 0.717) is 11.5 Å². The number of pyridine rings is 1. The summed E-state index contributed by atoms with van der Waals surface area (Å²) in [4.78, 5) is 29.0. The molecule has 2 rings (SSSR count). The molecule has 32 heavy (non-hydrogen) atoms. The summed E-state index contributed by atoms with van der Waals surface area (Å²) in [5, 5.41) is 12.6. The maximum absolute atomic E-state index is 12.7. The molecule has 1 amide bonds. The molecule has 0 saturated heterocycles. The van der Waals surface area contributed by atoms with Gasteiger partial charge < -0.3 is 29.4 Å². The van der Waals surface area contributed by atoms with E-state index in [0.717, 1.165) is 0 Å². The van der Waals surface area contributed by atoms with Crippen LogP contribution >= 0.6 is 0 Å². The lowest BCUT2D eigenvalue weighted by Gasteiger charge is -2.29. The molecule has 1 aromatic carbocycles. The van der Waals surface area contributed by atoms with Gasteiger partial charge in [-0.25, -0.2) is 9.78 Å². The molecular weight excluding hydrogens is 416 g/mol. The highest BCUT2D eigenvalue weighted by Crippen LogP contribution is 2.27. The molecule has 2 aromatic rings. The second kappa shape index (κ2) is 11.2. The van der Waals surface area contributed by atoms with Gasteiger partial charge in [0.15, 0.2) is 17.2 Å². The number of aromatic hydroxyl groups is 1. The number of amides is 1. The minimum Gasteiger partial charge on any atom is -0.503 e. The van der Waals surface area contributed by atoms with Gasteiger partial charge in [0.05, 0.1) is 14.2 Å². The standard InChI is InChI=1S/C23H30N2O7/c1-13(2)21(15(4)31-17-9-7-16(29-5)8-10-17)32-23(28)14(3)25-22(27)19-20(26)18(30-6)11-12-24-19/h7-15,21,26H,1-6H3,(H,25,27)/t14-,15-,21-/m0/s1. The largest absolute Gasteiger partial charge is 0.503 e. The molecule has 0 aliphatic carbocycles. The fraction of sp³-hybridized carbons (Fsp3) is 0.435. The van der Waals surface area contributed by atoms with E-state index in [9.17, 15) is 14.7 Å². The Morgan fingerprint density at radius 2 is 1.59 bits per heavy atom. The molecule has 3 atom stereocenters. The van der Waals surface area contributed by atoms with Crippen molar-refractivity contribution in [1.29, 1.82) is 0 Å². The molecule has 0 aliphatic heterocycles. The number of nitrogens with one attached hydrogen (secondary N) is 1. The number of carbonyl (C=O) groups excluding carboxylic acids is 2. The van der Waals surface area contributed by atoms with Gasteiger partial charge in [-0.1, -0.05) is 13.8 Å². The number of benzene rings is 1. The third-order valence-electron chi connectivity index (χ3n) is 4.78. The third-order valence-corrected chi connectivity index (χ3v) is 4.78. The lowest BCUT2D eigenvalue weighted by atomic mass is 10.0. The molecule has 0 radical (unpaired) electrons. The maximum atomic E-state index is 12.7. The highest BCUT2D eigenvalue weighted by molar-refractivity contribution is 5.97. The summed E-state index contributed by atoms with van der Waals surface area (Å²) in [5.74, 6) is -0.392. The van der Waals surface area contributed by atoms with E-state index >= 15 is 0 Å². The molecule has 0 fully saturated rings. The van der Waals surface area contributed by atoms with Gasteiger partial charge in [-0.05, 0) is 44.0 Å². The molecule has 0 saturated carbocycles. The van der Waals surface area contributed by atoms with Crippen molar-refractivity contribution in [3.05, 3.63) is 42.2 Å². The van der Waals surface area contributed by atoms with E-state index in [2.05, 4.69) is 10.3 Å². The quantitative estimate of drug-likeness (QED) is 0.535. The normalized spacial score (nSPS) is 13.6. The summed E-state index contributed by atoms with van der Waals surface area (Å²) in [6.07, 6.45) is 0.315. The summed E-state index contributed by atoms with van der Waals surface area (Å²) in [6, 6.07) is 7.53. The summed E-state index contributed by atoms with van der Waals surface area (Å²) < 4.78 is 21.7. The first-order valence-electron chi connectivity index (χ1n) is 10.2. The van der Waals surface area contributed by atoms with Gasteiger partial charge >= 0.3 is 5.97 Å². The van der Waals surface area contributed by atoms with Crippen LogP contribution in [0.25, 0.3) is 0 Å². The SMILES string of the molecule is COc1ccc(O[C@@H](C)[C@@H](OC(=O)[C@H](C)NC(=O)c2nccc(OC)c2O)C(C)C)cc1. The van der Waals surface area contributed by atoms with Crippen LogP contribution in [0, 0.1) is 5.92 Å². The van der Waals surface area contributed by atoms with Crippen molar-refractivity contribution in [3.8, 4) is 23.0 Å². The smallest absolute Gasteiger partial charge is 0.328 e. The number of hydrogen-bond donors (Lipinski definition) is 2. The number of esters is 1. The Labute approximate surface area is 187 Å². The van der Waals surface area contributed by atoms with Gasteiger partial charge in [-0.15, -0.1) is 0 Å². The number of nitrogens with zero attached hydrogens (tertiary/aromatic N) is 1. The number of aromatic nitrogens is 1. The number of hydrogen-bond acceptors (Lipinski definition) is 8. The Balaban J connectivity index is 2.02. The molecule has 2 N–H and O–H groups in total. The van der Waals surface area contributed by atoms with E-state index in [-0.39, 0.29) is 17.4 Å². The Hall–Kier alpha value is -3.49. The van der Waals surface area contributed by atoms with E-state index in [1.165, 1.54) is 26.3 Å². The molecule has 1 aromatic heterocycles. The highest BCUT2D eigenvalue weighted by atomic mass is 16.6. The Kier molecular flexibility index (Phi) is 8.69. The lowest BCUT2D eigenvalue weighted by molar-refractivity contribution is -0.158. The number of methoxy groups -OCH3 is 2. The van der Waals surface area contributed by atoms with Crippen LogP contribution in [0.3, 0.4) is 0 Å². The summed E-state index contributed by atoms with van der Waals surface area (Å²) in [6.45, 7) is 7.12. The zero-order valence-electron chi connectivity index (χ0n) is 19.1. The first kappa shape index (κ1) is 24.8. The molecular formula is C23H30N2O7. The Morgan fingerprint density at radius 1 is 0.969 bits per heavy atom. The number of ether oxygens (including phenoxy) is 4. The van der Waals surface area contributed by atoms with Crippen LogP contribution in [0.1, 0.15) is 38.2 Å². The van der Waals surface area contributed by atoms with Crippen molar-refractivity contribution in [2.24, 2.45) is 5.92 Å². The van der Waals surface area contributed by atoms with Crippen molar-refractivity contribution >= 4 is 11.9 Å². The molecule has 0 unspecified atom stereocenters. The molecule has 0 spiro atoms. The maximum Gasteiger partial charge on any atom is 0.328 e. The van der Waals surface area contributed by atoms with Gasteiger partial charge in [-0.2, -0.15) is 0 Å². The molecule has 9 nitrogen and oxygen atoms in total. The molecule has 174 valence electrons. The van der Waals surface area contributed by atoms with Crippen LogP contribution in [0.5, 0.6) is 23.0 Å². The van der Waals surface area contributed by atoms with Crippen molar-refractivity contribution < 1.29 is 33.6 Å². The average molecular weight is 447 g/mol. The second-order valence-electron chi connectivity index (χ2n) is 7.55. The van der Waals surface area contributed by atoms with Gasteiger partial charge in [0.25, 0.3) is 5.91 Å². The van der Waals surface area contributed by atoms with Crippen molar-refractivity contribution in [2.75, 3.05) is 14.2 Å². The van der Waals surface area contributed by atoms with E-state index in [4.69, 9.17) is 18.9 Å². The topological polar surface area (TPSA) is 116 Å². The van der Waals surface area contributed by atoms with Crippen molar-refractivity contribution in [3.63, 3.8) is 0 Å². The zero-order chi connectivity index (χ0) is 23.8. The molecule has 0 bridgehead atoms. The summed E-state index contributed by atoms with van der Waals surface area (Å²) >= 11 is 0. The van der Waals surface area contributed by atoms with Crippen LogP contribution in [0.15, 0.2) is 36.5 Å². The average Bonchev–Trinajstić information content (AvgIpc) is 2.77. The van der Waals surface area contributed by atoms with Crippen molar-refractivity contribution in [2.45, 2.75) is 45.9 Å². The van der Waals surface area contributed by atoms with Gasteiger partial charge in [0.2, 0.25) is 0 Å². The fourth-order valence-electron chi connectivity index (χ4n) is 3.04. The Morgan fingerprint density at radius 3 is 2.16 bits per heavy atom. The van der Waals surface area contributed by atoms with Crippen LogP contribution < -0.4 is 19.5 Å². The minimum absolute atomic E-state index is 0.0424. The fourth-order valence-corrected chi connectivity index (χ4v) is 3.04. The molecule has 1 heterocycles. The van der Waals surface area contributed by atoms with Crippen LogP contribution in [-0.4, -0.2) is 54.4 Å². The monoisotopic (exact) mass is 446 g/mol. The highest BCUT2D eigenvalue weighted by Gasteiger charge is 2.30. The van der Waals surface area contributed by atoms with Crippen LogP contribution in [0.4, 0.5) is 0 Å². The minimum atomic E-state index is -0.982. The van der Waals surface area contributed by atoms with Crippen LogP contribution in [-0.2, 0) is 9.53 Å². The number of rotatable bonds is 10. The predicted octanol–water partition coefficient (Wildman–Crippen LogP) is 2.96.